The second-order valence-corrected chi connectivity index (χ2v) is 7.35. The third-order valence-electron chi connectivity index (χ3n) is 5.24. The second-order valence-electron chi connectivity index (χ2n) is 7.35. The number of rotatable bonds is 8. The smallest absolute Gasteiger partial charge is 0.191 e. The highest BCUT2D eigenvalue weighted by Crippen LogP contribution is 2.30. The van der Waals surface area contributed by atoms with Gasteiger partial charge in [-0.3, -0.25) is 0 Å². The molecule has 0 amide bonds. The molecule has 1 fully saturated rings. The number of phenolic OH excluding ortho intramolecular Hbond substituents is 1. The summed E-state index contributed by atoms with van der Waals surface area (Å²) in [5, 5.41) is 16.8. The van der Waals surface area contributed by atoms with Crippen LogP contribution in [0.1, 0.15) is 18.9 Å². The lowest BCUT2D eigenvalue weighted by atomic mass is 10.2. The van der Waals surface area contributed by atoms with Gasteiger partial charge < -0.3 is 34.9 Å². The number of methoxy groups -OCH3 is 3. The molecule has 8 nitrogen and oxygen atoms in total. The first-order valence-electron chi connectivity index (χ1n) is 10.4. The molecule has 1 aliphatic heterocycles. The first kappa shape index (κ1) is 25.7. The maximum atomic E-state index is 9.97. The van der Waals surface area contributed by atoms with Gasteiger partial charge in [-0.1, -0.05) is 6.07 Å². The monoisotopic (exact) mass is 556 g/mol. The Morgan fingerprint density at radius 2 is 1.81 bits per heavy atom. The van der Waals surface area contributed by atoms with Gasteiger partial charge in [-0.2, -0.15) is 0 Å². The molecule has 0 spiro atoms. The Kier molecular flexibility index (Phi) is 10.0. The molecule has 32 heavy (non-hydrogen) atoms. The lowest BCUT2D eigenvalue weighted by Crippen LogP contribution is -2.44. The zero-order chi connectivity index (χ0) is 22.2. The minimum absolute atomic E-state index is 0. The predicted octanol–water partition coefficient (Wildman–Crippen LogP) is 3.37. The molecule has 176 valence electrons. The van der Waals surface area contributed by atoms with Crippen LogP contribution in [0, 0.1) is 0 Å². The Labute approximate surface area is 207 Å². The number of ether oxygens (including phenoxy) is 3. The van der Waals surface area contributed by atoms with E-state index >= 15 is 0 Å². The van der Waals surface area contributed by atoms with Crippen molar-refractivity contribution in [2.75, 3.05) is 45.9 Å². The molecule has 1 atom stereocenters. The molecule has 9 heteroatoms. The van der Waals surface area contributed by atoms with Crippen LogP contribution in [0.5, 0.6) is 23.0 Å². The average Bonchev–Trinajstić information content (AvgIpc) is 3.26. The first-order valence-corrected chi connectivity index (χ1v) is 10.4. The van der Waals surface area contributed by atoms with Gasteiger partial charge in [-0.25, -0.2) is 4.99 Å². The van der Waals surface area contributed by atoms with E-state index < -0.39 is 0 Å². The van der Waals surface area contributed by atoms with Crippen LogP contribution in [0.4, 0.5) is 5.69 Å². The lowest BCUT2D eigenvalue weighted by Gasteiger charge is -2.21. The van der Waals surface area contributed by atoms with Crippen molar-refractivity contribution in [2.45, 2.75) is 25.9 Å². The van der Waals surface area contributed by atoms with Gasteiger partial charge in [0, 0.05) is 49.6 Å². The van der Waals surface area contributed by atoms with Crippen LogP contribution in [-0.4, -0.2) is 58.1 Å². The van der Waals surface area contributed by atoms with Crippen molar-refractivity contribution < 1.29 is 19.3 Å². The van der Waals surface area contributed by atoms with Crippen molar-refractivity contribution in [3.8, 4) is 23.0 Å². The molecule has 3 N–H and O–H groups in total. The summed E-state index contributed by atoms with van der Waals surface area (Å²) in [5.41, 5.74) is 1.99. The van der Waals surface area contributed by atoms with Gasteiger partial charge in [0.15, 0.2) is 17.5 Å². The van der Waals surface area contributed by atoms with E-state index in [0.29, 0.717) is 12.3 Å². The molecule has 2 aromatic rings. The quantitative estimate of drug-likeness (QED) is 0.261. The van der Waals surface area contributed by atoms with Crippen LogP contribution < -0.4 is 29.7 Å². The predicted molar refractivity (Wildman–Crippen MR) is 138 cm³/mol. The van der Waals surface area contributed by atoms with E-state index in [9.17, 15) is 5.11 Å². The summed E-state index contributed by atoms with van der Waals surface area (Å²) in [5.74, 6) is 2.89. The van der Waals surface area contributed by atoms with E-state index in [0.717, 1.165) is 54.8 Å². The third-order valence-corrected chi connectivity index (χ3v) is 5.24. The molecule has 1 saturated heterocycles. The average molecular weight is 556 g/mol. The van der Waals surface area contributed by atoms with Crippen LogP contribution >= 0.6 is 24.0 Å². The van der Waals surface area contributed by atoms with Crippen molar-refractivity contribution in [1.82, 2.24) is 10.6 Å². The largest absolute Gasteiger partial charge is 0.504 e. The van der Waals surface area contributed by atoms with Crippen LogP contribution in [0.2, 0.25) is 0 Å². The maximum absolute atomic E-state index is 9.97. The molecule has 1 heterocycles. The number of nitrogens with one attached hydrogen (secondary N) is 2. The van der Waals surface area contributed by atoms with Crippen molar-refractivity contribution in [3.05, 3.63) is 42.0 Å². The van der Waals surface area contributed by atoms with Crippen LogP contribution in [0.25, 0.3) is 0 Å². The number of nitrogens with zero attached hydrogens (tertiary/aromatic N) is 2. The highest BCUT2D eigenvalue weighted by atomic mass is 127. The first-order chi connectivity index (χ1) is 15.1. The summed E-state index contributed by atoms with van der Waals surface area (Å²) in [6.45, 7) is 5.04. The number of benzene rings is 2. The number of hydrogen-bond acceptors (Lipinski definition) is 6. The van der Waals surface area contributed by atoms with Crippen molar-refractivity contribution in [2.24, 2.45) is 4.99 Å². The van der Waals surface area contributed by atoms with E-state index in [1.54, 1.807) is 26.4 Å². The fraction of sp³-hybridized carbons (Fsp3) is 0.435. The van der Waals surface area contributed by atoms with Crippen LogP contribution in [0.3, 0.4) is 0 Å². The van der Waals surface area contributed by atoms with Gasteiger partial charge in [0.05, 0.1) is 27.9 Å². The standard InChI is InChI=1S/C23H32N4O4.HI/c1-5-24-23(25-14-16-6-7-22(31-4)21(28)10-16)26-17-8-9-27(15-17)18-11-19(29-2)13-20(12-18)30-3;/h6-7,10-13,17,28H,5,8-9,14-15H2,1-4H3,(H2,24,25,26);1H. The Balaban J connectivity index is 0.00000363. The number of hydrogen-bond donors (Lipinski definition) is 3. The van der Waals surface area contributed by atoms with Crippen LogP contribution in [-0.2, 0) is 6.54 Å². The molecular formula is C23H33IN4O4. The fourth-order valence-electron chi connectivity index (χ4n) is 3.61. The summed E-state index contributed by atoms with van der Waals surface area (Å²) in [7, 11) is 4.86. The minimum Gasteiger partial charge on any atom is -0.504 e. The molecule has 1 aliphatic rings. The minimum atomic E-state index is 0. The Hall–Kier alpha value is -2.56. The normalized spacial score (nSPS) is 15.7. The number of phenols is 1. The molecule has 0 saturated carbocycles. The summed E-state index contributed by atoms with van der Waals surface area (Å²) < 4.78 is 15.9. The summed E-state index contributed by atoms with van der Waals surface area (Å²) in [6.07, 6.45) is 0.993. The summed E-state index contributed by atoms with van der Waals surface area (Å²) in [6, 6.07) is 11.5. The number of halogens is 1. The van der Waals surface area contributed by atoms with Gasteiger partial charge in [0.2, 0.25) is 0 Å². The molecule has 3 rings (SSSR count). The highest BCUT2D eigenvalue weighted by molar-refractivity contribution is 14.0. The van der Waals surface area contributed by atoms with Gasteiger partial charge in [0.1, 0.15) is 11.5 Å². The molecule has 0 radical (unpaired) electrons. The number of aromatic hydroxyl groups is 1. The number of aliphatic imine (C=N–C) groups is 1. The van der Waals surface area contributed by atoms with Gasteiger partial charge in [-0.15, -0.1) is 24.0 Å². The maximum Gasteiger partial charge on any atom is 0.191 e. The molecule has 1 unspecified atom stereocenters. The molecule has 0 bridgehead atoms. The SMILES string of the molecule is CCNC(=NCc1ccc(OC)c(O)c1)NC1CCN(c2cc(OC)cc(OC)c2)C1.I. The molecule has 0 aromatic heterocycles. The zero-order valence-corrected chi connectivity index (χ0v) is 21.4. The Morgan fingerprint density at radius 3 is 2.41 bits per heavy atom. The van der Waals surface area contributed by atoms with E-state index in [2.05, 4.69) is 20.5 Å². The Bertz CT molecular complexity index is 887. The third kappa shape index (κ3) is 6.72. The van der Waals surface area contributed by atoms with E-state index in [4.69, 9.17) is 14.2 Å². The van der Waals surface area contributed by atoms with Crippen LogP contribution in [0.15, 0.2) is 41.4 Å². The van der Waals surface area contributed by atoms with E-state index in [-0.39, 0.29) is 35.8 Å². The Morgan fingerprint density at radius 1 is 1.09 bits per heavy atom. The van der Waals surface area contributed by atoms with Gasteiger partial charge in [-0.05, 0) is 31.0 Å². The van der Waals surface area contributed by atoms with Crippen molar-refractivity contribution in [1.29, 1.82) is 0 Å². The molecular weight excluding hydrogens is 523 g/mol. The van der Waals surface area contributed by atoms with E-state index in [1.165, 1.54) is 7.11 Å². The summed E-state index contributed by atoms with van der Waals surface area (Å²) >= 11 is 0. The second kappa shape index (κ2) is 12.5. The fourth-order valence-corrected chi connectivity index (χ4v) is 3.61. The topological polar surface area (TPSA) is 87.6 Å². The molecule has 2 aromatic carbocycles. The number of anilines is 1. The van der Waals surface area contributed by atoms with Crippen molar-refractivity contribution in [3.63, 3.8) is 0 Å². The lowest BCUT2D eigenvalue weighted by molar-refractivity contribution is 0.373. The molecule has 0 aliphatic carbocycles. The van der Waals surface area contributed by atoms with Crippen molar-refractivity contribution >= 4 is 35.6 Å². The van der Waals surface area contributed by atoms with Gasteiger partial charge in [0.25, 0.3) is 0 Å². The highest BCUT2D eigenvalue weighted by Gasteiger charge is 2.24. The summed E-state index contributed by atoms with van der Waals surface area (Å²) in [4.78, 5) is 6.99. The number of guanidine groups is 1. The van der Waals surface area contributed by atoms with E-state index in [1.807, 2.05) is 31.2 Å². The zero-order valence-electron chi connectivity index (χ0n) is 19.1. The van der Waals surface area contributed by atoms with Gasteiger partial charge >= 0.3 is 0 Å².